The normalized spacial score (nSPS) is 9.56. The molecule has 1 nitrogen and oxygen atoms in total. The molecule has 0 aliphatic rings. The van der Waals surface area contributed by atoms with E-state index in [2.05, 4.69) is 6.92 Å². The minimum absolute atomic E-state index is 0.836. The number of unbranched alkanes of at least 4 members (excludes halogenated alkanes) is 1. The molecule has 0 aliphatic heterocycles. The summed E-state index contributed by atoms with van der Waals surface area (Å²) in [6.45, 7) is 5.08. The molecule has 0 amide bonds. The van der Waals surface area contributed by atoms with Crippen LogP contribution in [0.2, 0.25) is 0 Å². The summed E-state index contributed by atoms with van der Waals surface area (Å²) in [5, 5.41) is 0. The Morgan fingerprint density at radius 1 is 1.44 bits per heavy atom. The number of ether oxygens (including phenoxy) is 1. The Hall–Kier alpha value is 0.518. The van der Waals surface area contributed by atoms with E-state index in [0.717, 1.165) is 6.61 Å². The first-order valence-electron chi connectivity index (χ1n) is 3.46. The van der Waals surface area contributed by atoms with E-state index in [4.69, 9.17) is 4.74 Å². The van der Waals surface area contributed by atoms with Crippen molar-refractivity contribution in [3.05, 3.63) is 0 Å². The maximum absolute atomic E-state index is 5.30. The molecule has 0 fully saturated rings. The monoisotopic (exact) mass is 298 g/mol. The van der Waals surface area contributed by atoms with Crippen LogP contribution in [-0.4, -0.2) is 10.7 Å². The van der Waals surface area contributed by atoms with Gasteiger partial charge in [0, 0.05) is 0 Å². The molecule has 54 valence electrons. The Morgan fingerprint density at radius 2 is 2.11 bits per heavy atom. The van der Waals surface area contributed by atoms with Crippen LogP contribution in [0.3, 0.4) is 0 Å². The molecule has 0 aromatic heterocycles. The zero-order chi connectivity index (χ0) is 7.11. The molecule has 2 heteroatoms. The Kier molecular flexibility index (Phi) is 7.02. The van der Waals surface area contributed by atoms with Crippen LogP contribution >= 0.6 is 0 Å². The fraction of sp³-hybridized carbons (Fsp3) is 0.857. The molecule has 0 aliphatic carbocycles. The molecule has 0 rings (SSSR count). The van der Waals surface area contributed by atoms with Gasteiger partial charge in [-0.3, -0.25) is 0 Å². The minimum atomic E-state index is 0.836. The van der Waals surface area contributed by atoms with Crippen LogP contribution in [0.25, 0.3) is 0 Å². The topological polar surface area (TPSA) is 9.23 Å². The predicted molar refractivity (Wildman–Crippen MR) is 36.2 cm³/mol. The van der Waals surface area contributed by atoms with Gasteiger partial charge in [-0.1, -0.05) is 0 Å². The molecular formula is C7H14OW. The van der Waals surface area contributed by atoms with Crippen LogP contribution in [0, 0.1) is 0 Å². The molecule has 9 heavy (non-hydrogen) atoms. The molecule has 0 radical (unpaired) electrons. The average molecular weight is 298 g/mol. The first-order chi connectivity index (χ1) is 4.31. The first kappa shape index (κ1) is 9.52. The molecule has 0 atom stereocenters. The first-order valence-corrected chi connectivity index (χ1v) is 4.93. The Bertz CT molecular complexity index is 81.0. The van der Waals surface area contributed by atoms with E-state index in [1.807, 2.05) is 6.92 Å². The molecule has 0 heterocycles. The van der Waals surface area contributed by atoms with Crippen molar-refractivity contribution >= 4 is 4.08 Å². The van der Waals surface area contributed by atoms with Gasteiger partial charge in [-0.2, -0.15) is 0 Å². The van der Waals surface area contributed by atoms with E-state index in [1.54, 1.807) is 0 Å². The van der Waals surface area contributed by atoms with E-state index in [9.17, 15) is 0 Å². The quantitative estimate of drug-likeness (QED) is 0.753. The van der Waals surface area contributed by atoms with E-state index in [0.29, 0.717) is 0 Å². The van der Waals surface area contributed by atoms with Gasteiger partial charge in [0.1, 0.15) is 0 Å². The van der Waals surface area contributed by atoms with Gasteiger partial charge in [0.15, 0.2) is 0 Å². The SMILES string of the molecule is CCCC[C](=[W])OCC. The van der Waals surface area contributed by atoms with E-state index >= 15 is 0 Å². The van der Waals surface area contributed by atoms with Crippen molar-refractivity contribution in [2.75, 3.05) is 6.61 Å². The second kappa shape index (κ2) is 6.64. The molecule has 0 aromatic rings. The summed E-state index contributed by atoms with van der Waals surface area (Å²) >= 11 is 1.49. The molecule has 0 bridgehead atoms. The van der Waals surface area contributed by atoms with Gasteiger partial charge >= 0.3 is 67.9 Å². The summed E-state index contributed by atoms with van der Waals surface area (Å²) < 4.78 is 6.56. The van der Waals surface area contributed by atoms with Crippen LogP contribution < -0.4 is 0 Å². The van der Waals surface area contributed by atoms with Gasteiger partial charge in [0.2, 0.25) is 0 Å². The zero-order valence-electron chi connectivity index (χ0n) is 6.14. The van der Waals surface area contributed by atoms with Crippen molar-refractivity contribution in [3.8, 4) is 0 Å². The number of hydrogen-bond acceptors (Lipinski definition) is 1. The van der Waals surface area contributed by atoms with E-state index in [1.165, 1.54) is 42.7 Å². The average Bonchev–Trinajstić information content (AvgIpc) is 1.85. The van der Waals surface area contributed by atoms with Gasteiger partial charge < -0.3 is 0 Å². The van der Waals surface area contributed by atoms with Gasteiger partial charge in [0.05, 0.1) is 0 Å². The zero-order valence-corrected chi connectivity index (χ0v) is 9.08. The summed E-state index contributed by atoms with van der Waals surface area (Å²) in [4.78, 5) is 0. The molecule has 0 aromatic carbocycles. The van der Waals surface area contributed by atoms with Gasteiger partial charge in [0.25, 0.3) is 0 Å². The second-order valence-corrected chi connectivity index (χ2v) is 3.54. The summed E-state index contributed by atoms with van der Waals surface area (Å²) in [7, 11) is 0. The van der Waals surface area contributed by atoms with E-state index < -0.39 is 0 Å². The predicted octanol–water partition coefficient (Wildman–Crippen LogP) is 1.89. The van der Waals surface area contributed by atoms with Crippen LogP contribution in [0.1, 0.15) is 33.1 Å². The maximum atomic E-state index is 5.30. The Morgan fingerprint density at radius 3 is 2.56 bits per heavy atom. The Balaban J connectivity index is 3.06. The van der Waals surface area contributed by atoms with Crippen LogP contribution in [-0.2, 0) is 24.1 Å². The third-order valence-electron chi connectivity index (χ3n) is 1.04. The van der Waals surface area contributed by atoms with E-state index in [-0.39, 0.29) is 0 Å². The van der Waals surface area contributed by atoms with Gasteiger partial charge in [-0.05, 0) is 0 Å². The summed E-state index contributed by atoms with van der Waals surface area (Å²) in [5.41, 5.74) is 0. The fourth-order valence-corrected chi connectivity index (χ4v) is 1.50. The van der Waals surface area contributed by atoms with Gasteiger partial charge in [-0.15, -0.1) is 0 Å². The molecule has 0 saturated heterocycles. The van der Waals surface area contributed by atoms with Crippen molar-refractivity contribution in [1.29, 1.82) is 0 Å². The van der Waals surface area contributed by atoms with Crippen molar-refractivity contribution in [2.24, 2.45) is 0 Å². The van der Waals surface area contributed by atoms with Crippen molar-refractivity contribution in [3.63, 3.8) is 0 Å². The number of rotatable bonds is 5. The van der Waals surface area contributed by atoms with Crippen LogP contribution in [0.15, 0.2) is 0 Å². The summed E-state index contributed by atoms with van der Waals surface area (Å²) in [5.74, 6) is 0. The standard InChI is InChI=1S/C7H14O.W/c1-3-5-6-7-8-4-2;/h3-6H2,1-2H3;. The van der Waals surface area contributed by atoms with Crippen LogP contribution in [0.5, 0.6) is 0 Å². The second-order valence-electron chi connectivity index (χ2n) is 1.91. The molecule has 0 spiro atoms. The molecule has 0 saturated carbocycles. The van der Waals surface area contributed by atoms with Crippen LogP contribution in [0.4, 0.5) is 0 Å². The third kappa shape index (κ3) is 6.40. The third-order valence-corrected chi connectivity index (χ3v) is 2.20. The fourth-order valence-electron chi connectivity index (χ4n) is 0.554. The van der Waals surface area contributed by atoms with Gasteiger partial charge in [-0.25, -0.2) is 0 Å². The summed E-state index contributed by atoms with van der Waals surface area (Å²) in [6, 6.07) is 0. The molecule has 0 N–H and O–H groups in total. The Labute approximate surface area is 68.2 Å². The molecular weight excluding hydrogens is 284 g/mol. The summed E-state index contributed by atoms with van der Waals surface area (Å²) in [6.07, 6.45) is 3.71. The number of hydrogen-bond donors (Lipinski definition) is 0. The molecule has 0 unspecified atom stereocenters. The van der Waals surface area contributed by atoms with Crippen molar-refractivity contribution in [2.45, 2.75) is 33.1 Å². The van der Waals surface area contributed by atoms with Crippen molar-refractivity contribution < 1.29 is 24.1 Å². The van der Waals surface area contributed by atoms with Crippen molar-refractivity contribution in [1.82, 2.24) is 0 Å².